The lowest BCUT2D eigenvalue weighted by molar-refractivity contribution is -0.159. The molecule has 1 unspecified atom stereocenters. The molecule has 0 saturated heterocycles. The third-order valence-corrected chi connectivity index (χ3v) is 2.57. The van der Waals surface area contributed by atoms with E-state index in [1.54, 1.807) is 6.08 Å². The number of hydrogen-bond acceptors (Lipinski definition) is 3. The quantitative estimate of drug-likeness (QED) is 0.404. The fourth-order valence-corrected chi connectivity index (χ4v) is 1.48. The lowest BCUT2D eigenvalue weighted by Crippen LogP contribution is -2.21. The molecule has 0 spiro atoms. The number of allylic oxidation sites excluding steroid dienone is 3. The van der Waals surface area contributed by atoms with Crippen LogP contribution in [0.1, 0.15) is 47.0 Å². The SMILES string of the molecule is C=CC(C)(CCC=C(C)C)CC(=O)OC(C)=O. The molecule has 0 amide bonds. The zero-order valence-corrected chi connectivity index (χ0v) is 11.2. The van der Waals surface area contributed by atoms with Gasteiger partial charge in [0.25, 0.3) is 0 Å². The average Bonchev–Trinajstić information content (AvgIpc) is 2.15. The van der Waals surface area contributed by atoms with E-state index < -0.39 is 11.9 Å². The normalized spacial score (nSPS) is 13.4. The number of rotatable bonds is 6. The van der Waals surface area contributed by atoms with Crippen molar-refractivity contribution >= 4 is 11.9 Å². The molecule has 96 valence electrons. The van der Waals surface area contributed by atoms with E-state index in [0.717, 1.165) is 12.8 Å². The molecule has 0 aromatic carbocycles. The molecule has 3 nitrogen and oxygen atoms in total. The highest BCUT2D eigenvalue weighted by molar-refractivity contribution is 5.84. The Morgan fingerprint density at radius 3 is 2.29 bits per heavy atom. The molecule has 0 aliphatic rings. The van der Waals surface area contributed by atoms with Crippen LogP contribution in [0.3, 0.4) is 0 Å². The van der Waals surface area contributed by atoms with Crippen molar-refractivity contribution < 1.29 is 14.3 Å². The summed E-state index contributed by atoms with van der Waals surface area (Å²) in [4.78, 5) is 22.1. The minimum absolute atomic E-state index is 0.187. The summed E-state index contributed by atoms with van der Waals surface area (Å²) in [6.07, 6.45) is 5.77. The van der Waals surface area contributed by atoms with Gasteiger partial charge in [-0.2, -0.15) is 0 Å². The van der Waals surface area contributed by atoms with E-state index >= 15 is 0 Å². The third kappa shape index (κ3) is 7.50. The van der Waals surface area contributed by atoms with Crippen LogP contribution in [-0.2, 0) is 14.3 Å². The second kappa shape index (κ2) is 7.05. The Balaban J connectivity index is 4.36. The molecule has 0 aliphatic carbocycles. The van der Waals surface area contributed by atoms with Crippen LogP contribution < -0.4 is 0 Å². The molecule has 0 N–H and O–H groups in total. The van der Waals surface area contributed by atoms with E-state index in [1.165, 1.54) is 12.5 Å². The maximum atomic E-state index is 11.4. The second-order valence-corrected chi connectivity index (χ2v) is 4.82. The molecular weight excluding hydrogens is 216 g/mol. The molecule has 0 aromatic rings. The number of carbonyl (C=O) groups is 2. The topological polar surface area (TPSA) is 43.4 Å². The minimum atomic E-state index is -0.564. The molecule has 0 bridgehead atoms. The van der Waals surface area contributed by atoms with Crippen LogP contribution in [0.5, 0.6) is 0 Å². The Morgan fingerprint density at radius 2 is 1.88 bits per heavy atom. The molecule has 0 radical (unpaired) electrons. The molecule has 3 heteroatoms. The van der Waals surface area contributed by atoms with E-state index in [-0.39, 0.29) is 11.8 Å². The highest BCUT2D eigenvalue weighted by Gasteiger charge is 2.25. The Hall–Kier alpha value is -1.38. The summed E-state index contributed by atoms with van der Waals surface area (Å²) in [7, 11) is 0. The Labute approximate surface area is 104 Å². The van der Waals surface area contributed by atoms with Crippen molar-refractivity contribution in [2.45, 2.75) is 47.0 Å². The molecule has 0 fully saturated rings. The summed E-state index contributed by atoms with van der Waals surface area (Å²) in [5.74, 6) is -1.05. The van der Waals surface area contributed by atoms with Crippen molar-refractivity contribution in [3.63, 3.8) is 0 Å². The van der Waals surface area contributed by atoms with Crippen molar-refractivity contribution in [2.75, 3.05) is 0 Å². The Bertz CT molecular complexity index is 324. The molecule has 0 heterocycles. The van der Waals surface area contributed by atoms with Gasteiger partial charge in [0.2, 0.25) is 0 Å². The fraction of sp³-hybridized carbons (Fsp3) is 0.571. The van der Waals surface area contributed by atoms with Crippen LogP contribution in [0.4, 0.5) is 0 Å². The highest BCUT2D eigenvalue weighted by atomic mass is 16.6. The van der Waals surface area contributed by atoms with Gasteiger partial charge in [-0.1, -0.05) is 24.6 Å². The van der Waals surface area contributed by atoms with E-state index in [0.29, 0.717) is 0 Å². The van der Waals surface area contributed by atoms with Crippen LogP contribution in [0.2, 0.25) is 0 Å². The first-order valence-electron chi connectivity index (χ1n) is 5.77. The van der Waals surface area contributed by atoms with Gasteiger partial charge in [0, 0.05) is 6.92 Å². The smallest absolute Gasteiger partial charge is 0.314 e. The van der Waals surface area contributed by atoms with Crippen molar-refractivity contribution in [1.82, 2.24) is 0 Å². The zero-order chi connectivity index (χ0) is 13.5. The summed E-state index contributed by atoms with van der Waals surface area (Å²) in [6.45, 7) is 11.0. The van der Waals surface area contributed by atoms with Crippen LogP contribution in [0, 0.1) is 5.41 Å². The summed E-state index contributed by atoms with van der Waals surface area (Å²) in [6, 6.07) is 0. The van der Waals surface area contributed by atoms with Gasteiger partial charge in [0.05, 0.1) is 6.42 Å². The van der Waals surface area contributed by atoms with Gasteiger partial charge in [0.1, 0.15) is 0 Å². The predicted octanol–water partition coefficient (Wildman–Crippen LogP) is 3.40. The maximum Gasteiger partial charge on any atom is 0.314 e. The van der Waals surface area contributed by atoms with Gasteiger partial charge in [-0.25, -0.2) is 0 Å². The first-order valence-corrected chi connectivity index (χ1v) is 5.77. The molecule has 17 heavy (non-hydrogen) atoms. The first-order chi connectivity index (χ1) is 7.79. The van der Waals surface area contributed by atoms with Crippen molar-refractivity contribution in [2.24, 2.45) is 5.41 Å². The lowest BCUT2D eigenvalue weighted by atomic mass is 9.82. The van der Waals surface area contributed by atoms with Gasteiger partial charge in [0.15, 0.2) is 0 Å². The van der Waals surface area contributed by atoms with Crippen molar-refractivity contribution in [3.8, 4) is 0 Å². The predicted molar refractivity (Wildman–Crippen MR) is 68.4 cm³/mol. The van der Waals surface area contributed by atoms with Gasteiger partial charge >= 0.3 is 11.9 Å². The van der Waals surface area contributed by atoms with E-state index in [9.17, 15) is 9.59 Å². The summed E-state index contributed by atoms with van der Waals surface area (Å²) < 4.78 is 4.53. The van der Waals surface area contributed by atoms with Gasteiger partial charge in [-0.3, -0.25) is 9.59 Å². The summed E-state index contributed by atoms with van der Waals surface area (Å²) >= 11 is 0. The summed E-state index contributed by atoms with van der Waals surface area (Å²) in [5.41, 5.74) is 0.932. The molecule has 0 rings (SSSR count). The van der Waals surface area contributed by atoms with Gasteiger partial charge in [-0.15, -0.1) is 6.58 Å². The third-order valence-electron chi connectivity index (χ3n) is 2.57. The number of ether oxygens (including phenoxy) is 1. The monoisotopic (exact) mass is 238 g/mol. The lowest BCUT2D eigenvalue weighted by Gasteiger charge is -2.23. The van der Waals surface area contributed by atoms with Crippen molar-refractivity contribution in [1.29, 1.82) is 0 Å². The Kier molecular flexibility index (Phi) is 6.47. The van der Waals surface area contributed by atoms with Crippen LogP contribution >= 0.6 is 0 Å². The molecule has 1 atom stereocenters. The van der Waals surface area contributed by atoms with Gasteiger partial charge in [-0.05, 0) is 32.1 Å². The zero-order valence-electron chi connectivity index (χ0n) is 11.2. The van der Waals surface area contributed by atoms with Crippen LogP contribution in [0.25, 0.3) is 0 Å². The van der Waals surface area contributed by atoms with E-state index in [2.05, 4.69) is 17.4 Å². The highest BCUT2D eigenvalue weighted by Crippen LogP contribution is 2.29. The van der Waals surface area contributed by atoms with Gasteiger partial charge < -0.3 is 4.74 Å². The van der Waals surface area contributed by atoms with E-state index in [1.807, 2.05) is 20.8 Å². The standard InChI is InChI=1S/C14H22O3/c1-6-14(5,9-7-8-11(2)3)10-13(16)17-12(4)15/h6,8H,1,7,9-10H2,2-5H3. The molecule has 0 aromatic heterocycles. The molecular formula is C14H22O3. The molecule has 0 aliphatic heterocycles. The second-order valence-electron chi connectivity index (χ2n) is 4.82. The summed E-state index contributed by atoms with van der Waals surface area (Å²) in [5, 5.41) is 0. The minimum Gasteiger partial charge on any atom is -0.393 e. The van der Waals surface area contributed by atoms with Crippen LogP contribution in [-0.4, -0.2) is 11.9 Å². The van der Waals surface area contributed by atoms with Crippen molar-refractivity contribution in [3.05, 3.63) is 24.3 Å². The van der Waals surface area contributed by atoms with Crippen LogP contribution in [0.15, 0.2) is 24.3 Å². The number of hydrogen-bond donors (Lipinski definition) is 0. The average molecular weight is 238 g/mol. The fourth-order valence-electron chi connectivity index (χ4n) is 1.48. The number of esters is 2. The number of carbonyl (C=O) groups excluding carboxylic acids is 2. The maximum absolute atomic E-state index is 11.4. The van der Waals surface area contributed by atoms with E-state index in [4.69, 9.17) is 0 Å². The first kappa shape index (κ1) is 15.6. The molecule has 0 saturated carbocycles. The Morgan fingerprint density at radius 1 is 1.29 bits per heavy atom. The largest absolute Gasteiger partial charge is 0.393 e.